The van der Waals surface area contributed by atoms with Crippen LogP contribution < -0.4 is 0 Å². The van der Waals surface area contributed by atoms with E-state index in [9.17, 15) is 4.39 Å². The summed E-state index contributed by atoms with van der Waals surface area (Å²) in [7, 11) is 0. The molecule has 2 rings (SSSR count). The summed E-state index contributed by atoms with van der Waals surface area (Å²) in [4.78, 5) is 0. The van der Waals surface area contributed by atoms with Crippen LogP contribution in [-0.2, 0) is 6.42 Å². The molecule has 0 spiro atoms. The van der Waals surface area contributed by atoms with Crippen LogP contribution >= 0.6 is 0 Å². The van der Waals surface area contributed by atoms with E-state index in [1.54, 1.807) is 12.1 Å². The van der Waals surface area contributed by atoms with Gasteiger partial charge in [0.1, 0.15) is 5.82 Å². The molecule has 1 aliphatic rings. The van der Waals surface area contributed by atoms with Crippen LogP contribution in [0.3, 0.4) is 0 Å². The van der Waals surface area contributed by atoms with Crippen LogP contribution in [0.2, 0.25) is 0 Å². The lowest BCUT2D eigenvalue weighted by Gasteiger charge is -2.08. The number of aryl methyl sites for hydroxylation is 1. The molecule has 0 heterocycles. The molecule has 1 nitrogen and oxygen atoms in total. The van der Waals surface area contributed by atoms with Gasteiger partial charge in [-0.1, -0.05) is 0 Å². The van der Waals surface area contributed by atoms with Crippen molar-refractivity contribution in [2.24, 2.45) is 0 Å². The van der Waals surface area contributed by atoms with E-state index >= 15 is 0 Å². The van der Waals surface area contributed by atoms with Gasteiger partial charge < -0.3 is 0 Å². The van der Waals surface area contributed by atoms with Gasteiger partial charge in [-0.3, -0.25) is 0 Å². The molecular formula is C12H12FN. The number of benzene rings is 1. The normalized spacial score (nSPS) is 19.1. The van der Waals surface area contributed by atoms with Crippen molar-refractivity contribution in [1.82, 2.24) is 0 Å². The number of nitrogens with zero attached hydrogens (tertiary/aromatic N) is 1. The van der Waals surface area contributed by atoms with Crippen LogP contribution in [-0.4, -0.2) is 0 Å². The van der Waals surface area contributed by atoms with Gasteiger partial charge in [-0.15, -0.1) is 0 Å². The summed E-state index contributed by atoms with van der Waals surface area (Å²) < 4.78 is 13.2. The average Bonchev–Trinajstić information content (AvgIpc) is 2.49. The molecule has 72 valence electrons. The topological polar surface area (TPSA) is 23.8 Å². The largest absolute Gasteiger partial charge is 0.207 e. The smallest absolute Gasteiger partial charge is 0.123 e. The third-order valence-electron chi connectivity index (χ3n) is 2.99. The van der Waals surface area contributed by atoms with Gasteiger partial charge in [0.25, 0.3) is 0 Å². The zero-order valence-corrected chi connectivity index (χ0v) is 8.18. The minimum atomic E-state index is -0.175. The zero-order valence-electron chi connectivity index (χ0n) is 8.18. The summed E-state index contributed by atoms with van der Waals surface area (Å²) in [5.41, 5.74) is 3.34. The molecule has 0 amide bonds. The maximum Gasteiger partial charge on any atom is 0.123 e. The Morgan fingerprint density at radius 1 is 1.57 bits per heavy atom. The van der Waals surface area contributed by atoms with Crippen LogP contribution in [0.1, 0.15) is 35.4 Å². The summed E-state index contributed by atoms with van der Waals surface area (Å²) in [6.07, 6.45) is 2.50. The minimum Gasteiger partial charge on any atom is -0.207 e. The van der Waals surface area contributed by atoms with Crippen molar-refractivity contribution in [2.75, 3.05) is 0 Å². The van der Waals surface area contributed by atoms with Crippen LogP contribution in [0.5, 0.6) is 0 Å². The molecule has 0 aliphatic heterocycles. The first-order valence-corrected chi connectivity index (χ1v) is 4.88. The average molecular weight is 189 g/mol. The van der Waals surface area contributed by atoms with Gasteiger partial charge in [-0.2, -0.15) is 5.26 Å². The van der Waals surface area contributed by atoms with Crippen molar-refractivity contribution < 1.29 is 4.39 Å². The van der Waals surface area contributed by atoms with E-state index in [0.717, 1.165) is 24.0 Å². The second-order valence-electron chi connectivity index (χ2n) is 3.89. The lowest BCUT2D eigenvalue weighted by Crippen LogP contribution is -1.94. The second kappa shape index (κ2) is 3.42. The maximum atomic E-state index is 13.2. The molecule has 14 heavy (non-hydrogen) atoms. The highest BCUT2D eigenvalue weighted by Gasteiger charge is 2.24. The van der Waals surface area contributed by atoms with Crippen LogP contribution in [0.25, 0.3) is 0 Å². The van der Waals surface area contributed by atoms with Gasteiger partial charge in [0, 0.05) is 6.42 Å². The lowest BCUT2D eigenvalue weighted by atomic mass is 9.97. The highest BCUT2D eigenvalue weighted by molar-refractivity contribution is 5.41. The molecule has 0 aromatic heterocycles. The zero-order chi connectivity index (χ0) is 10.1. The Morgan fingerprint density at radius 2 is 2.36 bits per heavy atom. The molecule has 0 saturated carbocycles. The van der Waals surface area contributed by atoms with Gasteiger partial charge in [-0.05, 0) is 54.5 Å². The highest BCUT2D eigenvalue weighted by atomic mass is 19.1. The van der Waals surface area contributed by atoms with Gasteiger partial charge in [-0.25, -0.2) is 4.39 Å². The molecule has 0 radical (unpaired) electrons. The summed E-state index contributed by atoms with van der Waals surface area (Å²) in [5.74, 6) is 0.0792. The molecule has 1 atom stereocenters. The predicted octanol–water partition coefficient (Wildman–Crippen LogP) is 3.08. The molecule has 1 unspecified atom stereocenters. The molecule has 1 aromatic rings. The summed E-state index contributed by atoms with van der Waals surface area (Å²) in [5, 5.41) is 8.65. The maximum absolute atomic E-state index is 13.2. The fourth-order valence-electron chi connectivity index (χ4n) is 2.30. The van der Waals surface area contributed by atoms with Crippen LogP contribution in [0.15, 0.2) is 12.1 Å². The molecule has 1 aliphatic carbocycles. The third kappa shape index (κ3) is 1.39. The van der Waals surface area contributed by atoms with Crippen molar-refractivity contribution in [1.29, 1.82) is 5.26 Å². The Bertz CT molecular complexity index is 404. The Kier molecular flexibility index (Phi) is 2.25. The molecule has 0 fully saturated rings. The van der Waals surface area contributed by atoms with E-state index in [0.29, 0.717) is 6.42 Å². The van der Waals surface area contributed by atoms with Crippen molar-refractivity contribution in [3.63, 3.8) is 0 Å². The van der Waals surface area contributed by atoms with Crippen molar-refractivity contribution in [3.05, 3.63) is 34.6 Å². The monoisotopic (exact) mass is 189 g/mol. The fraction of sp³-hybridized carbons (Fsp3) is 0.417. The molecular weight excluding hydrogens is 177 g/mol. The molecule has 1 aromatic carbocycles. The van der Waals surface area contributed by atoms with E-state index in [1.807, 2.05) is 6.92 Å². The summed E-state index contributed by atoms with van der Waals surface area (Å²) >= 11 is 0. The van der Waals surface area contributed by atoms with Crippen molar-refractivity contribution in [2.45, 2.75) is 32.1 Å². The number of nitriles is 1. The second-order valence-corrected chi connectivity index (χ2v) is 3.89. The number of halogens is 1. The summed E-state index contributed by atoms with van der Waals surface area (Å²) in [6.45, 7) is 1.94. The highest BCUT2D eigenvalue weighted by Crippen LogP contribution is 2.37. The molecule has 0 N–H and O–H groups in total. The van der Waals surface area contributed by atoms with Gasteiger partial charge >= 0.3 is 0 Å². The van der Waals surface area contributed by atoms with Crippen molar-refractivity contribution >= 4 is 0 Å². The Hall–Kier alpha value is -1.36. The van der Waals surface area contributed by atoms with E-state index in [-0.39, 0.29) is 11.7 Å². The predicted molar refractivity (Wildman–Crippen MR) is 52.4 cm³/mol. The first-order valence-electron chi connectivity index (χ1n) is 4.88. The molecule has 0 saturated heterocycles. The Balaban J connectivity index is 2.45. The van der Waals surface area contributed by atoms with E-state index in [2.05, 4.69) is 6.07 Å². The first kappa shape index (κ1) is 9.21. The van der Waals surface area contributed by atoms with E-state index < -0.39 is 0 Å². The number of hydrogen-bond acceptors (Lipinski definition) is 1. The number of hydrogen-bond donors (Lipinski definition) is 0. The Morgan fingerprint density at radius 3 is 3.07 bits per heavy atom. The molecule has 2 heteroatoms. The Labute approximate surface area is 83.2 Å². The van der Waals surface area contributed by atoms with E-state index in [4.69, 9.17) is 5.26 Å². The van der Waals surface area contributed by atoms with Crippen molar-refractivity contribution in [3.8, 4) is 6.07 Å². The number of rotatable bonds is 1. The summed E-state index contributed by atoms with van der Waals surface area (Å²) in [6, 6.07) is 5.34. The third-order valence-corrected chi connectivity index (χ3v) is 2.99. The van der Waals surface area contributed by atoms with Gasteiger partial charge in [0.2, 0.25) is 0 Å². The minimum absolute atomic E-state index is 0.175. The standard InChI is InChI=1S/C12H12FN/c1-8-6-10(13)7-12-9(4-5-14)2-3-11(8)12/h6-7,9H,2-4H2,1H3. The number of fused-ring (bicyclic) bond motifs is 1. The SMILES string of the molecule is Cc1cc(F)cc2c1CCC2CC#N. The quantitative estimate of drug-likeness (QED) is 0.666. The van der Waals surface area contributed by atoms with Crippen LogP contribution in [0, 0.1) is 24.1 Å². The molecule has 0 bridgehead atoms. The van der Waals surface area contributed by atoms with Gasteiger partial charge in [0.05, 0.1) is 6.07 Å². The van der Waals surface area contributed by atoms with E-state index in [1.165, 1.54) is 5.56 Å². The fourth-order valence-corrected chi connectivity index (χ4v) is 2.30. The first-order chi connectivity index (χ1) is 6.72. The van der Waals surface area contributed by atoms with Gasteiger partial charge in [0.15, 0.2) is 0 Å². The van der Waals surface area contributed by atoms with Crippen LogP contribution in [0.4, 0.5) is 4.39 Å². The lowest BCUT2D eigenvalue weighted by molar-refractivity contribution is 0.620.